The van der Waals surface area contributed by atoms with E-state index in [1.54, 1.807) is 23.4 Å². The second-order valence-corrected chi connectivity index (χ2v) is 6.32. The van der Waals surface area contributed by atoms with Gasteiger partial charge in [-0.2, -0.15) is 0 Å². The van der Waals surface area contributed by atoms with Crippen LogP contribution in [0, 0.1) is 5.92 Å². The van der Waals surface area contributed by atoms with Crippen LogP contribution >= 0.6 is 0 Å². The Hall–Kier alpha value is -2.11. The number of rotatable bonds is 2. The third-order valence-electron chi connectivity index (χ3n) is 3.56. The van der Waals surface area contributed by atoms with Crippen LogP contribution in [0.25, 0.3) is 0 Å². The number of hydrogen-bond acceptors (Lipinski definition) is 5. The van der Waals surface area contributed by atoms with E-state index >= 15 is 0 Å². The number of carbonyl (C=O) groups is 2. The molecule has 1 amide bonds. The van der Waals surface area contributed by atoms with Crippen LogP contribution in [-0.2, 0) is 14.3 Å². The zero-order valence-electron chi connectivity index (χ0n) is 13.4. The fourth-order valence-corrected chi connectivity index (χ4v) is 2.68. The molecule has 1 saturated heterocycles. The first kappa shape index (κ1) is 16.3. The van der Waals surface area contributed by atoms with Gasteiger partial charge < -0.3 is 14.4 Å². The summed E-state index contributed by atoms with van der Waals surface area (Å²) in [7, 11) is 1.36. The predicted octanol–water partition coefficient (Wildman–Crippen LogP) is 2.55. The Morgan fingerprint density at radius 3 is 2.64 bits per heavy atom. The van der Waals surface area contributed by atoms with Crippen molar-refractivity contribution in [1.29, 1.82) is 0 Å². The van der Waals surface area contributed by atoms with Gasteiger partial charge in [0.1, 0.15) is 5.60 Å². The SMILES string of the molecule is COC(=O)[C@H]1CCN(C(=O)OC(C)(C)C)[C@H]1c1cccnc1. The van der Waals surface area contributed by atoms with E-state index in [0.717, 1.165) is 5.56 Å². The number of hydrogen-bond donors (Lipinski definition) is 0. The molecule has 0 spiro atoms. The minimum atomic E-state index is -0.583. The number of aromatic nitrogens is 1. The Labute approximate surface area is 130 Å². The number of nitrogens with zero attached hydrogens (tertiary/aromatic N) is 2. The Morgan fingerprint density at radius 2 is 2.09 bits per heavy atom. The first-order chi connectivity index (χ1) is 10.3. The van der Waals surface area contributed by atoms with Gasteiger partial charge in [0.2, 0.25) is 0 Å². The van der Waals surface area contributed by atoms with Crippen molar-refractivity contribution in [2.24, 2.45) is 5.92 Å². The van der Waals surface area contributed by atoms with Gasteiger partial charge in [0.05, 0.1) is 19.1 Å². The van der Waals surface area contributed by atoms with Crippen LogP contribution in [0.15, 0.2) is 24.5 Å². The summed E-state index contributed by atoms with van der Waals surface area (Å²) in [5, 5.41) is 0. The largest absolute Gasteiger partial charge is 0.469 e. The Balaban J connectivity index is 2.29. The number of likely N-dealkylation sites (tertiary alicyclic amines) is 1. The molecule has 0 N–H and O–H groups in total. The molecule has 1 aromatic rings. The fraction of sp³-hybridized carbons (Fsp3) is 0.562. The molecule has 0 aromatic carbocycles. The highest BCUT2D eigenvalue weighted by molar-refractivity contribution is 5.77. The lowest BCUT2D eigenvalue weighted by molar-refractivity contribution is -0.146. The zero-order chi connectivity index (χ0) is 16.3. The van der Waals surface area contributed by atoms with Crippen LogP contribution in [0.1, 0.15) is 38.8 Å². The number of carbonyl (C=O) groups excluding carboxylic acids is 2. The molecule has 1 aromatic heterocycles. The van der Waals surface area contributed by atoms with Crippen molar-refractivity contribution in [1.82, 2.24) is 9.88 Å². The summed E-state index contributed by atoms with van der Waals surface area (Å²) >= 11 is 0. The normalized spacial score (nSPS) is 21.5. The van der Waals surface area contributed by atoms with Gasteiger partial charge in [-0.05, 0) is 38.8 Å². The smallest absolute Gasteiger partial charge is 0.410 e. The Bertz CT molecular complexity index is 539. The highest BCUT2D eigenvalue weighted by Gasteiger charge is 2.44. The quantitative estimate of drug-likeness (QED) is 0.785. The molecular weight excluding hydrogens is 284 g/mol. The van der Waals surface area contributed by atoms with Gasteiger partial charge >= 0.3 is 12.1 Å². The highest BCUT2D eigenvalue weighted by atomic mass is 16.6. The molecule has 0 bridgehead atoms. The molecule has 120 valence electrons. The first-order valence-corrected chi connectivity index (χ1v) is 7.31. The maximum Gasteiger partial charge on any atom is 0.410 e. The van der Waals surface area contributed by atoms with Gasteiger partial charge in [0.25, 0.3) is 0 Å². The highest BCUT2D eigenvalue weighted by Crippen LogP contribution is 2.38. The molecule has 0 saturated carbocycles. The maximum atomic E-state index is 12.4. The second-order valence-electron chi connectivity index (χ2n) is 6.32. The first-order valence-electron chi connectivity index (χ1n) is 7.31. The maximum absolute atomic E-state index is 12.4. The van der Waals surface area contributed by atoms with E-state index in [1.807, 2.05) is 26.8 Å². The molecule has 22 heavy (non-hydrogen) atoms. The predicted molar refractivity (Wildman–Crippen MR) is 80.0 cm³/mol. The van der Waals surface area contributed by atoms with E-state index in [2.05, 4.69) is 4.98 Å². The van der Waals surface area contributed by atoms with Crippen LogP contribution in [-0.4, -0.2) is 41.2 Å². The molecule has 2 atom stereocenters. The van der Waals surface area contributed by atoms with Crippen LogP contribution in [0.3, 0.4) is 0 Å². The summed E-state index contributed by atoms with van der Waals surface area (Å²) < 4.78 is 10.3. The summed E-state index contributed by atoms with van der Waals surface area (Å²) in [5.74, 6) is -0.721. The summed E-state index contributed by atoms with van der Waals surface area (Å²) in [4.78, 5) is 30.1. The minimum absolute atomic E-state index is 0.320. The van der Waals surface area contributed by atoms with Crippen molar-refractivity contribution in [3.63, 3.8) is 0 Å². The summed E-state index contributed by atoms with van der Waals surface area (Å²) in [6.45, 7) is 5.90. The topological polar surface area (TPSA) is 68.7 Å². The molecule has 6 heteroatoms. The molecule has 2 rings (SSSR count). The van der Waals surface area contributed by atoms with E-state index in [0.29, 0.717) is 13.0 Å². The van der Waals surface area contributed by atoms with E-state index in [9.17, 15) is 9.59 Å². The lowest BCUT2D eigenvalue weighted by Gasteiger charge is -2.30. The summed E-state index contributed by atoms with van der Waals surface area (Å²) in [6.07, 6.45) is 3.45. The van der Waals surface area contributed by atoms with Crippen LogP contribution in [0.2, 0.25) is 0 Å². The third-order valence-corrected chi connectivity index (χ3v) is 3.56. The van der Waals surface area contributed by atoms with E-state index in [1.165, 1.54) is 7.11 Å². The van der Waals surface area contributed by atoms with Gasteiger partial charge in [0.15, 0.2) is 0 Å². The number of ether oxygens (including phenoxy) is 2. The van der Waals surface area contributed by atoms with Gasteiger partial charge in [-0.15, -0.1) is 0 Å². The number of pyridine rings is 1. The summed E-state index contributed by atoms with van der Waals surface area (Å²) in [6, 6.07) is 3.24. The molecule has 0 aliphatic carbocycles. The van der Waals surface area contributed by atoms with Crippen LogP contribution in [0.5, 0.6) is 0 Å². The minimum Gasteiger partial charge on any atom is -0.469 e. The number of esters is 1. The van der Waals surface area contributed by atoms with Crippen molar-refractivity contribution in [3.8, 4) is 0 Å². The van der Waals surface area contributed by atoms with Crippen molar-refractivity contribution >= 4 is 12.1 Å². The van der Waals surface area contributed by atoms with Crippen molar-refractivity contribution in [2.75, 3.05) is 13.7 Å². The second kappa shape index (κ2) is 6.34. The lowest BCUT2D eigenvalue weighted by Crippen LogP contribution is -2.38. The average molecular weight is 306 g/mol. The van der Waals surface area contributed by atoms with Crippen molar-refractivity contribution < 1.29 is 19.1 Å². The lowest BCUT2D eigenvalue weighted by atomic mass is 9.95. The van der Waals surface area contributed by atoms with E-state index in [-0.39, 0.29) is 5.97 Å². The Kier molecular flexibility index (Phi) is 4.68. The van der Waals surface area contributed by atoms with Crippen molar-refractivity contribution in [2.45, 2.75) is 38.8 Å². The fourth-order valence-electron chi connectivity index (χ4n) is 2.68. The monoisotopic (exact) mass is 306 g/mol. The summed E-state index contributed by atoms with van der Waals surface area (Å²) in [5.41, 5.74) is 0.223. The van der Waals surface area contributed by atoms with Gasteiger partial charge in [0, 0.05) is 18.9 Å². The molecule has 0 radical (unpaired) electrons. The van der Waals surface area contributed by atoms with Gasteiger partial charge in [-0.3, -0.25) is 9.78 Å². The van der Waals surface area contributed by atoms with E-state index < -0.39 is 23.7 Å². The molecule has 2 heterocycles. The molecule has 1 aliphatic heterocycles. The molecule has 1 fully saturated rings. The van der Waals surface area contributed by atoms with Crippen molar-refractivity contribution in [3.05, 3.63) is 30.1 Å². The van der Waals surface area contributed by atoms with Crippen LogP contribution in [0.4, 0.5) is 4.79 Å². The zero-order valence-corrected chi connectivity index (χ0v) is 13.4. The van der Waals surface area contributed by atoms with E-state index in [4.69, 9.17) is 9.47 Å². The Morgan fingerprint density at radius 1 is 1.36 bits per heavy atom. The number of amides is 1. The third kappa shape index (κ3) is 3.55. The molecule has 6 nitrogen and oxygen atoms in total. The molecule has 1 aliphatic rings. The average Bonchev–Trinajstić information content (AvgIpc) is 2.90. The van der Waals surface area contributed by atoms with Gasteiger partial charge in [-0.1, -0.05) is 6.07 Å². The number of methoxy groups -OCH3 is 1. The van der Waals surface area contributed by atoms with Gasteiger partial charge in [-0.25, -0.2) is 4.79 Å². The molecular formula is C16H22N2O4. The molecule has 0 unspecified atom stereocenters. The van der Waals surface area contributed by atoms with Crippen LogP contribution < -0.4 is 0 Å². The standard InChI is InChI=1S/C16H22N2O4/c1-16(2,3)22-15(20)18-9-7-12(14(19)21-4)13(18)11-6-5-8-17-10-11/h5-6,8,10,12-13H,7,9H2,1-4H3/t12-,13-/m0/s1.